The molecule has 3 aromatic rings. The molecule has 2 aromatic heterocycles. The molecule has 1 fully saturated rings. The molecule has 0 radical (unpaired) electrons. The average Bonchev–Trinajstić information content (AvgIpc) is 3.04. The topological polar surface area (TPSA) is 84.1 Å². The second-order valence-corrected chi connectivity index (χ2v) is 8.54. The molecule has 0 aliphatic carbocycles. The van der Waals surface area contributed by atoms with E-state index in [2.05, 4.69) is 39.1 Å². The third-order valence-corrected chi connectivity index (χ3v) is 6.52. The van der Waals surface area contributed by atoms with Gasteiger partial charge in [0, 0.05) is 51.0 Å². The second-order valence-electron chi connectivity index (χ2n) is 8.54. The molecular formula is C25H31Cl2N5O2. The van der Waals surface area contributed by atoms with Crippen molar-refractivity contribution < 1.29 is 10.3 Å². The first-order valence-electron chi connectivity index (χ1n) is 10.8. The van der Waals surface area contributed by atoms with E-state index in [0.717, 1.165) is 48.6 Å². The van der Waals surface area contributed by atoms with Gasteiger partial charge in [-0.05, 0) is 66.9 Å². The number of likely N-dealkylation sites (N-methyl/N-ethyl adjacent to an activating group) is 1. The minimum atomic E-state index is -0.664. The van der Waals surface area contributed by atoms with Gasteiger partial charge in [0.15, 0.2) is 0 Å². The molecule has 4 heterocycles. The molecule has 1 amide bonds. The number of amides is 1. The van der Waals surface area contributed by atoms with Crippen molar-refractivity contribution in [3.05, 3.63) is 90.0 Å². The molecule has 9 heteroatoms. The van der Waals surface area contributed by atoms with Crippen LogP contribution in [0.3, 0.4) is 0 Å². The summed E-state index contributed by atoms with van der Waals surface area (Å²) in [5, 5.41) is 4.19. The Kier molecular flexibility index (Phi) is 9.55. The average molecular weight is 504 g/mol. The van der Waals surface area contributed by atoms with Crippen molar-refractivity contribution in [2.75, 3.05) is 38.2 Å². The summed E-state index contributed by atoms with van der Waals surface area (Å²) in [7, 11) is 2.13. The number of para-hydroxylation sites is 1. The fourth-order valence-corrected chi connectivity index (χ4v) is 4.87. The minimum Gasteiger partial charge on any atom is -0.412 e. The minimum absolute atomic E-state index is 0. The Morgan fingerprint density at radius 1 is 0.794 bits per heavy atom. The number of anilines is 1. The highest BCUT2D eigenvalue weighted by Gasteiger charge is 2.52. The number of hydrogen-bond donors (Lipinski definition) is 0. The predicted octanol–water partition coefficient (Wildman–Crippen LogP) is 2.73. The molecule has 2 N–H and O–H groups in total. The second kappa shape index (κ2) is 11.7. The molecule has 2 aliphatic heterocycles. The van der Waals surface area contributed by atoms with Crippen LogP contribution in [0.15, 0.2) is 73.3 Å². The summed E-state index contributed by atoms with van der Waals surface area (Å²) in [5.41, 5.74) is 3.69. The van der Waals surface area contributed by atoms with Gasteiger partial charge in [0.25, 0.3) is 5.91 Å². The Morgan fingerprint density at radius 2 is 1.29 bits per heavy atom. The Labute approximate surface area is 212 Å². The zero-order chi connectivity index (χ0) is 21.3. The van der Waals surface area contributed by atoms with Crippen molar-refractivity contribution in [1.82, 2.24) is 19.9 Å². The molecule has 1 aromatic carbocycles. The summed E-state index contributed by atoms with van der Waals surface area (Å²) < 4.78 is 0. The van der Waals surface area contributed by atoms with Crippen LogP contribution in [-0.2, 0) is 23.1 Å². The molecular weight excluding hydrogens is 473 g/mol. The molecule has 7 nitrogen and oxygen atoms in total. The van der Waals surface area contributed by atoms with E-state index in [1.807, 2.05) is 41.4 Å². The van der Waals surface area contributed by atoms with Gasteiger partial charge in [-0.15, -0.1) is 24.8 Å². The number of benzene rings is 1. The van der Waals surface area contributed by atoms with Crippen LogP contribution >= 0.6 is 24.8 Å². The maximum atomic E-state index is 14.3. The molecule has 34 heavy (non-hydrogen) atoms. The standard InChI is InChI=1S/C25H27N5O.2ClH.H2O/c1-28-14-16-29(17-15-28)30-23-5-3-2-4-22(23)25(24(30)31,18-20-6-10-26-11-7-20)19-21-8-12-27-13-9-21;;;/h2-13H,14-19H2,1H3;2*1H;1H2. The monoisotopic (exact) mass is 503 g/mol. The number of pyridine rings is 2. The summed E-state index contributed by atoms with van der Waals surface area (Å²) in [6.45, 7) is 3.59. The number of halogens is 2. The molecule has 0 spiro atoms. The molecule has 0 saturated carbocycles. The normalized spacial score (nSPS) is 17.2. The van der Waals surface area contributed by atoms with Gasteiger partial charge in [0.05, 0.1) is 11.1 Å². The fraction of sp³-hybridized carbons (Fsp3) is 0.320. The van der Waals surface area contributed by atoms with Gasteiger partial charge in [-0.25, -0.2) is 10.0 Å². The summed E-state index contributed by atoms with van der Waals surface area (Å²) in [6, 6.07) is 16.4. The van der Waals surface area contributed by atoms with E-state index < -0.39 is 5.41 Å². The zero-order valence-corrected chi connectivity index (χ0v) is 20.8. The van der Waals surface area contributed by atoms with Gasteiger partial charge in [-0.3, -0.25) is 14.8 Å². The molecule has 0 bridgehead atoms. The molecule has 0 atom stereocenters. The SMILES string of the molecule is CN1CCN(N2C(=O)C(Cc3ccncc3)(Cc3ccncc3)c3ccccc32)CC1.Cl.Cl.O. The van der Waals surface area contributed by atoms with E-state index in [0.29, 0.717) is 12.8 Å². The Bertz CT molecular complexity index is 1020. The Balaban J connectivity index is 0.00000136. The summed E-state index contributed by atoms with van der Waals surface area (Å²) in [5.74, 6) is 0.159. The van der Waals surface area contributed by atoms with Crippen LogP contribution in [0.25, 0.3) is 0 Å². The summed E-state index contributed by atoms with van der Waals surface area (Å²) in [4.78, 5) is 25.0. The third-order valence-electron chi connectivity index (χ3n) is 6.52. The van der Waals surface area contributed by atoms with Crippen LogP contribution in [0.1, 0.15) is 16.7 Å². The smallest absolute Gasteiger partial charge is 0.252 e. The number of carbonyl (C=O) groups excluding carboxylic acids is 1. The quantitative estimate of drug-likeness (QED) is 0.534. The van der Waals surface area contributed by atoms with Gasteiger partial charge >= 0.3 is 0 Å². The lowest BCUT2D eigenvalue weighted by Crippen LogP contribution is -2.57. The van der Waals surface area contributed by atoms with Gasteiger partial charge < -0.3 is 10.4 Å². The first-order valence-corrected chi connectivity index (χ1v) is 10.8. The number of fused-ring (bicyclic) bond motifs is 1. The third kappa shape index (κ3) is 5.09. The van der Waals surface area contributed by atoms with E-state index >= 15 is 0 Å². The highest BCUT2D eigenvalue weighted by Crippen LogP contribution is 2.46. The van der Waals surface area contributed by atoms with E-state index in [1.54, 1.807) is 24.8 Å². The molecule has 0 unspecified atom stereocenters. The number of aromatic nitrogens is 2. The number of carbonyl (C=O) groups is 1. The maximum absolute atomic E-state index is 14.3. The van der Waals surface area contributed by atoms with Crippen LogP contribution in [0.4, 0.5) is 5.69 Å². The Hall–Kier alpha value is -2.55. The first-order chi connectivity index (χ1) is 15.2. The lowest BCUT2D eigenvalue weighted by molar-refractivity contribution is -0.126. The van der Waals surface area contributed by atoms with Crippen LogP contribution in [-0.4, -0.2) is 64.5 Å². The largest absolute Gasteiger partial charge is 0.412 e. The van der Waals surface area contributed by atoms with Crippen molar-refractivity contribution in [3.63, 3.8) is 0 Å². The first kappa shape index (κ1) is 27.7. The number of hydrogen-bond acceptors (Lipinski definition) is 5. The lowest BCUT2D eigenvalue weighted by atomic mass is 9.72. The van der Waals surface area contributed by atoms with Crippen LogP contribution in [0.2, 0.25) is 0 Å². The number of piperazine rings is 1. The van der Waals surface area contributed by atoms with Gasteiger partial charge in [0.1, 0.15) is 0 Å². The van der Waals surface area contributed by atoms with Crippen molar-refractivity contribution in [2.24, 2.45) is 0 Å². The molecule has 1 saturated heterocycles. The van der Waals surface area contributed by atoms with Crippen LogP contribution < -0.4 is 5.01 Å². The predicted molar refractivity (Wildman–Crippen MR) is 139 cm³/mol. The molecule has 182 valence electrons. The molecule has 5 rings (SSSR count). The van der Waals surface area contributed by atoms with Gasteiger partial charge in [-0.1, -0.05) is 18.2 Å². The van der Waals surface area contributed by atoms with Crippen LogP contribution in [0.5, 0.6) is 0 Å². The molecule has 2 aliphatic rings. The van der Waals surface area contributed by atoms with Crippen LogP contribution in [0, 0.1) is 0 Å². The summed E-state index contributed by atoms with van der Waals surface area (Å²) in [6.07, 6.45) is 8.49. The highest BCUT2D eigenvalue weighted by atomic mass is 35.5. The summed E-state index contributed by atoms with van der Waals surface area (Å²) >= 11 is 0. The van der Waals surface area contributed by atoms with Crippen molar-refractivity contribution in [3.8, 4) is 0 Å². The van der Waals surface area contributed by atoms with Crippen molar-refractivity contribution in [1.29, 1.82) is 0 Å². The van der Waals surface area contributed by atoms with E-state index in [-0.39, 0.29) is 36.2 Å². The fourth-order valence-electron chi connectivity index (χ4n) is 4.87. The zero-order valence-electron chi connectivity index (χ0n) is 19.1. The van der Waals surface area contributed by atoms with Crippen molar-refractivity contribution in [2.45, 2.75) is 18.3 Å². The highest BCUT2D eigenvalue weighted by molar-refractivity contribution is 6.08. The van der Waals surface area contributed by atoms with E-state index in [1.165, 1.54) is 0 Å². The lowest BCUT2D eigenvalue weighted by Gasteiger charge is -2.39. The van der Waals surface area contributed by atoms with E-state index in [9.17, 15) is 4.79 Å². The van der Waals surface area contributed by atoms with Gasteiger partial charge in [-0.2, -0.15) is 0 Å². The number of nitrogens with zero attached hydrogens (tertiary/aromatic N) is 5. The maximum Gasteiger partial charge on any atom is 0.252 e. The Morgan fingerprint density at radius 3 is 1.82 bits per heavy atom. The number of hydrazine groups is 1. The van der Waals surface area contributed by atoms with Crippen molar-refractivity contribution >= 4 is 36.4 Å². The number of rotatable bonds is 5. The van der Waals surface area contributed by atoms with Gasteiger partial charge in [0.2, 0.25) is 0 Å². The van der Waals surface area contributed by atoms with E-state index in [4.69, 9.17) is 0 Å².